The number of rotatable bonds is 6. The lowest BCUT2D eigenvalue weighted by atomic mass is 10.1. The molecule has 1 aliphatic rings. The molecular weight excluding hydrogens is 222 g/mol. The van der Waals surface area contributed by atoms with Crippen LogP contribution in [0.5, 0.6) is 0 Å². The summed E-state index contributed by atoms with van der Waals surface area (Å²) in [5.41, 5.74) is 0.334. The Bertz CT molecular complexity index is 189. The number of hydrogen-bond acceptors (Lipinski definition) is 4. The monoisotopic (exact) mass is 247 g/mol. The second-order valence-corrected chi connectivity index (χ2v) is 7.36. The van der Waals surface area contributed by atoms with Crippen LogP contribution in [-0.2, 0) is 13.3 Å². The van der Waals surface area contributed by atoms with Crippen molar-refractivity contribution in [1.29, 1.82) is 0 Å². The minimum absolute atomic E-state index is 0.334. The normalized spacial score (nSPS) is 23.6. The summed E-state index contributed by atoms with van der Waals surface area (Å²) >= 11 is 0. The predicted molar refractivity (Wildman–Crippen MR) is 66.3 cm³/mol. The fourth-order valence-corrected chi connectivity index (χ4v) is 5.18. The van der Waals surface area contributed by atoms with Gasteiger partial charge in [0.15, 0.2) is 0 Å². The first-order valence-electron chi connectivity index (χ1n) is 6.13. The first kappa shape index (κ1) is 14.1. The molecule has 1 saturated heterocycles. The Morgan fingerprint density at radius 1 is 1.12 bits per heavy atom. The zero-order chi connectivity index (χ0) is 12.0. The van der Waals surface area contributed by atoms with Crippen LogP contribution in [0.25, 0.3) is 0 Å². The summed E-state index contributed by atoms with van der Waals surface area (Å²) < 4.78 is 16.8. The number of likely N-dealkylation sites (tertiary alicyclic amines) is 1. The maximum Gasteiger partial charge on any atom is 0.518 e. The average Bonchev–Trinajstić information content (AvgIpc) is 2.34. The Balaban J connectivity index is 2.78. The van der Waals surface area contributed by atoms with E-state index in [2.05, 4.69) is 11.8 Å². The minimum atomic E-state index is -2.49. The van der Waals surface area contributed by atoms with E-state index in [0.29, 0.717) is 5.67 Å². The summed E-state index contributed by atoms with van der Waals surface area (Å²) in [5.74, 6) is 0. The van der Waals surface area contributed by atoms with Gasteiger partial charge in [-0.2, -0.15) is 0 Å². The summed E-state index contributed by atoms with van der Waals surface area (Å²) in [6.07, 6.45) is 4.81. The van der Waals surface area contributed by atoms with Crippen molar-refractivity contribution >= 4 is 8.80 Å². The maximum absolute atomic E-state index is 5.61. The van der Waals surface area contributed by atoms with E-state index in [1.54, 1.807) is 21.3 Å². The van der Waals surface area contributed by atoms with E-state index >= 15 is 0 Å². The van der Waals surface area contributed by atoms with Crippen LogP contribution in [0.2, 0.25) is 0 Å². The van der Waals surface area contributed by atoms with E-state index in [4.69, 9.17) is 13.3 Å². The molecular formula is C11H25NO3Si. The van der Waals surface area contributed by atoms with Crippen molar-refractivity contribution in [3.8, 4) is 0 Å². The highest BCUT2D eigenvalue weighted by molar-refractivity contribution is 6.62. The Kier molecular flexibility index (Phi) is 5.92. The van der Waals surface area contributed by atoms with Crippen LogP contribution in [-0.4, -0.2) is 53.8 Å². The molecule has 0 radical (unpaired) electrons. The Hall–Kier alpha value is 0.0569. The standard InChI is InChI=1S/C11H25NO3Si/c1-5-9-12-10-7-6-8-11(12)16(13-2,14-3)15-4/h11H,5-10H2,1-4H3/t11-/m1/s1. The smallest absolute Gasteiger partial charge is 0.376 e. The second kappa shape index (κ2) is 6.71. The van der Waals surface area contributed by atoms with Gasteiger partial charge in [-0.05, 0) is 32.4 Å². The molecule has 0 bridgehead atoms. The van der Waals surface area contributed by atoms with Crippen LogP contribution in [0, 0.1) is 0 Å². The van der Waals surface area contributed by atoms with Crippen molar-refractivity contribution in [2.24, 2.45) is 0 Å². The van der Waals surface area contributed by atoms with E-state index in [0.717, 1.165) is 25.9 Å². The first-order valence-corrected chi connectivity index (χ1v) is 7.93. The van der Waals surface area contributed by atoms with Crippen LogP contribution in [0.3, 0.4) is 0 Å². The van der Waals surface area contributed by atoms with Gasteiger partial charge in [-0.1, -0.05) is 13.3 Å². The van der Waals surface area contributed by atoms with Gasteiger partial charge < -0.3 is 13.3 Å². The third-order valence-corrected chi connectivity index (χ3v) is 6.56. The van der Waals surface area contributed by atoms with Crippen LogP contribution >= 0.6 is 0 Å². The molecule has 0 spiro atoms. The molecule has 1 aliphatic heterocycles. The van der Waals surface area contributed by atoms with Crippen molar-refractivity contribution in [3.05, 3.63) is 0 Å². The molecule has 0 saturated carbocycles. The topological polar surface area (TPSA) is 30.9 Å². The van der Waals surface area contributed by atoms with Gasteiger partial charge in [0.2, 0.25) is 0 Å². The molecule has 0 N–H and O–H groups in total. The molecule has 0 aromatic heterocycles. The van der Waals surface area contributed by atoms with E-state index < -0.39 is 8.80 Å². The van der Waals surface area contributed by atoms with Gasteiger partial charge in [0.05, 0.1) is 5.67 Å². The van der Waals surface area contributed by atoms with Crippen LogP contribution < -0.4 is 0 Å². The number of piperidine rings is 1. The largest absolute Gasteiger partial charge is 0.518 e. The van der Waals surface area contributed by atoms with Crippen molar-refractivity contribution in [1.82, 2.24) is 4.90 Å². The van der Waals surface area contributed by atoms with Gasteiger partial charge in [-0.15, -0.1) is 0 Å². The van der Waals surface area contributed by atoms with Crippen molar-refractivity contribution in [2.45, 2.75) is 38.3 Å². The molecule has 1 heterocycles. The number of hydrogen-bond donors (Lipinski definition) is 0. The minimum Gasteiger partial charge on any atom is -0.376 e. The third kappa shape index (κ3) is 2.84. The van der Waals surface area contributed by atoms with Gasteiger partial charge in [0, 0.05) is 21.3 Å². The zero-order valence-corrected chi connectivity index (χ0v) is 12.0. The summed E-state index contributed by atoms with van der Waals surface area (Å²) in [5, 5.41) is 0. The van der Waals surface area contributed by atoms with Crippen LogP contribution in [0.15, 0.2) is 0 Å². The number of nitrogens with zero attached hydrogens (tertiary/aromatic N) is 1. The molecule has 0 amide bonds. The highest BCUT2D eigenvalue weighted by Gasteiger charge is 2.50. The fraction of sp³-hybridized carbons (Fsp3) is 1.00. The fourth-order valence-electron chi connectivity index (χ4n) is 2.60. The van der Waals surface area contributed by atoms with E-state index in [-0.39, 0.29) is 0 Å². The summed E-state index contributed by atoms with van der Waals surface area (Å²) in [6, 6.07) is 0. The van der Waals surface area contributed by atoms with Crippen LogP contribution in [0.4, 0.5) is 0 Å². The highest BCUT2D eigenvalue weighted by atomic mass is 28.4. The van der Waals surface area contributed by atoms with Gasteiger partial charge in [-0.25, -0.2) is 0 Å². The first-order chi connectivity index (χ1) is 7.74. The van der Waals surface area contributed by atoms with Crippen molar-refractivity contribution in [2.75, 3.05) is 34.4 Å². The second-order valence-electron chi connectivity index (χ2n) is 4.26. The Morgan fingerprint density at radius 2 is 1.75 bits per heavy atom. The van der Waals surface area contributed by atoms with E-state index in [1.807, 2.05) is 0 Å². The van der Waals surface area contributed by atoms with Crippen LogP contribution in [0.1, 0.15) is 32.6 Å². The SMILES string of the molecule is CCCN1CCCC[C@H]1[Si](OC)(OC)OC. The quantitative estimate of drug-likeness (QED) is 0.668. The summed E-state index contributed by atoms with van der Waals surface area (Å²) in [7, 11) is 2.63. The van der Waals surface area contributed by atoms with E-state index in [1.165, 1.54) is 12.8 Å². The molecule has 0 aromatic carbocycles. The Labute approximate surface area is 100 Å². The lowest BCUT2D eigenvalue weighted by Crippen LogP contribution is -2.62. The predicted octanol–water partition coefficient (Wildman–Crippen LogP) is 1.67. The molecule has 0 unspecified atom stereocenters. The molecule has 1 atom stereocenters. The molecule has 5 heteroatoms. The lowest BCUT2D eigenvalue weighted by molar-refractivity contribution is 0.0596. The molecule has 16 heavy (non-hydrogen) atoms. The maximum atomic E-state index is 5.61. The molecule has 1 fully saturated rings. The molecule has 0 aliphatic carbocycles. The van der Waals surface area contributed by atoms with Crippen molar-refractivity contribution in [3.63, 3.8) is 0 Å². The molecule has 4 nitrogen and oxygen atoms in total. The molecule has 1 rings (SSSR count). The zero-order valence-electron chi connectivity index (χ0n) is 11.0. The summed E-state index contributed by atoms with van der Waals surface area (Å²) in [6.45, 7) is 4.46. The third-order valence-electron chi connectivity index (χ3n) is 3.39. The lowest BCUT2D eigenvalue weighted by Gasteiger charge is -2.42. The summed E-state index contributed by atoms with van der Waals surface area (Å²) in [4.78, 5) is 2.48. The van der Waals surface area contributed by atoms with Gasteiger partial charge in [0.1, 0.15) is 0 Å². The van der Waals surface area contributed by atoms with Gasteiger partial charge in [-0.3, -0.25) is 4.90 Å². The molecule has 0 aromatic rings. The average molecular weight is 247 g/mol. The van der Waals surface area contributed by atoms with Gasteiger partial charge >= 0.3 is 8.80 Å². The highest BCUT2D eigenvalue weighted by Crippen LogP contribution is 2.26. The van der Waals surface area contributed by atoms with Crippen molar-refractivity contribution < 1.29 is 13.3 Å². The van der Waals surface area contributed by atoms with E-state index in [9.17, 15) is 0 Å². The molecule has 96 valence electrons. The Morgan fingerprint density at radius 3 is 2.25 bits per heavy atom. The van der Waals surface area contributed by atoms with Gasteiger partial charge in [0.25, 0.3) is 0 Å².